The van der Waals surface area contributed by atoms with Crippen LogP contribution in [0.15, 0.2) is 17.1 Å². The summed E-state index contributed by atoms with van der Waals surface area (Å²) in [5.74, 6) is 0. The second kappa shape index (κ2) is 1.96. The quantitative estimate of drug-likeness (QED) is 0.581. The van der Waals surface area contributed by atoms with E-state index in [9.17, 15) is 0 Å². The normalized spacial score (nSPS) is 13.8. The monoisotopic (exact) mass is 112 g/mol. The predicted molar refractivity (Wildman–Crippen MR) is 29.1 cm³/mol. The minimum Gasteiger partial charge on any atom is -0.451 e. The molecular weight excluding hydrogens is 104 g/mol. The van der Waals surface area contributed by atoms with Crippen LogP contribution < -0.4 is 5.73 Å². The fourth-order valence-electron chi connectivity index (χ4n) is 0.447. The molecule has 0 aliphatic carbocycles. The van der Waals surface area contributed by atoms with Crippen molar-refractivity contribution in [2.75, 3.05) is 0 Å². The average molecular weight is 112 g/mol. The highest BCUT2D eigenvalue weighted by atomic mass is 16.3. The first-order valence-electron chi connectivity index (χ1n) is 2.44. The van der Waals surface area contributed by atoms with Crippen molar-refractivity contribution in [1.29, 1.82) is 0 Å². The molecule has 1 atom stereocenters. The summed E-state index contributed by atoms with van der Waals surface area (Å²) in [5.41, 5.74) is 6.23. The highest BCUT2D eigenvalue weighted by Crippen LogP contribution is 2.03. The molecule has 0 aromatic carbocycles. The summed E-state index contributed by atoms with van der Waals surface area (Å²) in [6.07, 6.45) is 2.92. The van der Waals surface area contributed by atoms with Crippen LogP contribution in [-0.4, -0.2) is 4.98 Å². The number of aromatic nitrogens is 1. The zero-order chi connectivity index (χ0) is 5.98. The Balaban J connectivity index is 2.77. The summed E-state index contributed by atoms with van der Waals surface area (Å²) in [4.78, 5) is 3.82. The van der Waals surface area contributed by atoms with E-state index < -0.39 is 0 Å². The Hall–Kier alpha value is -0.830. The van der Waals surface area contributed by atoms with Gasteiger partial charge in [-0.25, -0.2) is 4.98 Å². The average Bonchev–Trinajstić information content (AvgIpc) is 2.12. The van der Waals surface area contributed by atoms with Gasteiger partial charge >= 0.3 is 0 Å². The van der Waals surface area contributed by atoms with E-state index in [0.29, 0.717) is 0 Å². The number of oxazole rings is 1. The molecule has 2 N–H and O–H groups in total. The maximum atomic E-state index is 5.44. The Morgan fingerprint density at radius 3 is 2.88 bits per heavy atom. The van der Waals surface area contributed by atoms with Crippen LogP contribution in [0.3, 0.4) is 0 Å². The Kier molecular flexibility index (Phi) is 1.30. The third kappa shape index (κ3) is 0.869. The topological polar surface area (TPSA) is 52.0 Å². The van der Waals surface area contributed by atoms with E-state index in [0.717, 1.165) is 5.69 Å². The molecule has 3 heteroatoms. The summed E-state index contributed by atoms with van der Waals surface area (Å²) >= 11 is 0. The van der Waals surface area contributed by atoms with E-state index in [1.54, 1.807) is 6.26 Å². The molecule has 0 saturated carbocycles. The molecule has 0 spiro atoms. The molecule has 0 amide bonds. The summed E-state index contributed by atoms with van der Waals surface area (Å²) < 4.78 is 4.68. The fourth-order valence-corrected chi connectivity index (χ4v) is 0.447. The van der Waals surface area contributed by atoms with E-state index in [4.69, 9.17) is 5.73 Å². The Labute approximate surface area is 47.5 Å². The summed E-state index contributed by atoms with van der Waals surface area (Å²) in [6, 6.07) is -0.0197. The van der Waals surface area contributed by atoms with Crippen LogP contribution in [-0.2, 0) is 0 Å². The van der Waals surface area contributed by atoms with E-state index in [-0.39, 0.29) is 6.04 Å². The van der Waals surface area contributed by atoms with Gasteiger partial charge in [-0.1, -0.05) is 0 Å². The molecule has 0 unspecified atom stereocenters. The second-order valence-corrected chi connectivity index (χ2v) is 1.70. The van der Waals surface area contributed by atoms with Crippen molar-refractivity contribution < 1.29 is 4.42 Å². The molecule has 1 rings (SSSR count). The molecule has 0 radical (unpaired) electrons. The predicted octanol–water partition coefficient (Wildman–Crippen LogP) is 0.694. The molecule has 1 aromatic rings. The Morgan fingerprint density at radius 1 is 1.88 bits per heavy atom. The SMILES string of the molecule is C[C@@H](N)c1cocn1. The van der Waals surface area contributed by atoms with Crippen molar-refractivity contribution in [3.05, 3.63) is 18.4 Å². The lowest BCUT2D eigenvalue weighted by molar-refractivity contribution is 0.555. The van der Waals surface area contributed by atoms with Gasteiger partial charge in [0, 0.05) is 6.04 Å². The molecule has 1 heterocycles. The third-order valence-corrected chi connectivity index (χ3v) is 0.918. The van der Waals surface area contributed by atoms with Crippen LogP contribution in [0.2, 0.25) is 0 Å². The Bertz CT molecular complexity index is 145. The third-order valence-electron chi connectivity index (χ3n) is 0.918. The lowest BCUT2D eigenvalue weighted by atomic mass is 10.3. The van der Waals surface area contributed by atoms with Gasteiger partial charge in [0.2, 0.25) is 0 Å². The van der Waals surface area contributed by atoms with Gasteiger partial charge in [0.1, 0.15) is 6.26 Å². The minimum atomic E-state index is -0.0197. The van der Waals surface area contributed by atoms with Crippen molar-refractivity contribution in [2.24, 2.45) is 5.73 Å². The van der Waals surface area contributed by atoms with Gasteiger partial charge in [-0.15, -0.1) is 0 Å². The second-order valence-electron chi connectivity index (χ2n) is 1.70. The van der Waals surface area contributed by atoms with Crippen LogP contribution in [0.4, 0.5) is 0 Å². The van der Waals surface area contributed by atoms with E-state index in [1.807, 2.05) is 6.92 Å². The standard InChI is InChI=1S/C5H8N2O/c1-4(6)5-2-8-3-7-5/h2-4H,6H2,1H3/t4-/m1/s1. The number of rotatable bonds is 1. The molecule has 8 heavy (non-hydrogen) atoms. The molecule has 0 aliphatic rings. The van der Waals surface area contributed by atoms with Crippen LogP contribution in [0.5, 0.6) is 0 Å². The number of nitrogens with zero attached hydrogens (tertiary/aromatic N) is 1. The molecule has 0 saturated heterocycles. The highest BCUT2D eigenvalue weighted by molar-refractivity contribution is 4.95. The number of nitrogens with two attached hydrogens (primary N) is 1. The van der Waals surface area contributed by atoms with Crippen molar-refractivity contribution >= 4 is 0 Å². The molecule has 3 nitrogen and oxygen atoms in total. The maximum absolute atomic E-state index is 5.44. The number of hydrogen-bond acceptors (Lipinski definition) is 3. The van der Waals surface area contributed by atoms with Crippen LogP contribution >= 0.6 is 0 Å². The van der Waals surface area contributed by atoms with E-state index >= 15 is 0 Å². The first-order valence-corrected chi connectivity index (χ1v) is 2.44. The summed E-state index contributed by atoms with van der Waals surface area (Å²) in [5, 5.41) is 0. The van der Waals surface area contributed by atoms with Gasteiger partial charge in [0.15, 0.2) is 6.39 Å². The largest absolute Gasteiger partial charge is 0.451 e. The van der Waals surface area contributed by atoms with Gasteiger partial charge in [0.25, 0.3) is 0 Å². The van der Waals surface area contributed by atoms with Crippen LogP contribution in [0.25, 0.3) is 0 Å². The van der Waals surface area contributed by atoms with Crippen LogP contribution in [0, 0.1) is 0 Å². The molecule has 44 valence electrons. The van der Waals surface area contributed by atoms with Gasteiger partial charge in [-0.3, -0.25) is 0 Å². The van der Waals surface area contributed by atoms with Gasteiger partial charge < -0.3 is 10.2 Å². The summed E-state index contributed by atoms with van der Waals surface area (Å²) in [7, 11) is 0. The van der Waals surface area contributed by atoms with E-state index in [2.05, 4.69) is 9.40 Å². The van der Waals surface area contributed by atoms with Crippen molar-refractivity contribution in [2.45, 2.75) is 13.0 Å². The van der Waals surface area contributed by atoms with Crippen molar-refractivity contribution in [3.8, 4) is 0 Å². The molecule has 1 aromatic heterocycles. The maximum Gasteiger partial charge on any atom is 0.180 e. The lowest BCUT2D eigenvalue weighted by Gasteiger charge is -1.93. The summed E-state index contributed by atoms with van der Waals surface area (Å²) in [6.45, 7) is 1.86. The minimum absolute atomic E-state index is 0.0197. The molecule has 0 fully saturated rings. The zero-order valence-corrected chi connectivity index (χ0v) is 4.66. The van der Waals surface area contributed by atoms with Crippen molar-refractivity contribution in [1.82, 2.24) is 4.98 Å². The molecule has 0 aliphatic heterocycles. The molecular formula is C5H8N2O. The lowest BCUT2D eigenvalue weighted by Crippen LogP contribution is -2.04. The smallest absolute Gasteiger partial charge is 0.180 e. The zero-order valence-electron chi connectivity index (χ0n) is 4.66. The highest BCUT2D eigenvalue weighted by Gasteiger charge is 1.98. The van der Waals surface area contributed by atoms with Crippen molar-refractivity contribution in [3.63, 3.8) is 0 Å². The van der Waals surface area contributed by atoms with Gasteiger partial charge in [-0.05, 0) is 6.92 Å². The number of hydrogen-bond donors (Lipinski definition) is 1. The molecule has 0 bridgehead atoms. The van der Waals surface area contributed by atoms with E-state index in [1.165, 1.54) is 6.39 Å². The first kappa shape index (κ1) is 5.31. The Morgan fingerprint density at radius 2 is 2.62 bits per heavy atom. The van der Waals surface area contributed by atoms with Gasteiger partial charge in [0.05, 0.1) is 5.69 Å². The first-order chi connectivity index (χ1) is 3.80. The fraction of sp³-hybridized carbons (Fsp3) is 0.400. The van der Waals surface area contributed by atoms with Gasteiger partial charge in [-0.2, -0.15) is 0 Å². The van der Waals surface area contributed by atoms with Crippen LogP contribution in [0.1, 0.15) is 18.7 Å².